The highest BCUT2D eigenvalue weighted by molar-refractivity contribution is 5.81. The molecule has 0 radical (unpaired) electrons. The molecule has 2 N–H and O–H groups in total. The average molecular weight is 252 g/mol. The molecule has 4 nitrogen and oxygen atoms in total. The molecule has 0 aromatic heterocycles. The second kappa shape index (κ2) is 5.08. The summed E-state index contributed by atoms with van der Waals surface area (Å²) in [5.41, 5.74) is 6.29. The van der Waals surface area contributed by atoms with Gasteiger partial charge in [0.2, 0.25) is 0 Å². The van der Waals surface area contributed by atoms with Gasteiger partial charge in [-0.25, -0.2) is 0 Å². The Balaban J connectivity index is 2.13. The first kappa shape index (κ1) is 13.7. The molecule has 1 spiro atoms. The van der Waals surface area contributed by atoms with Crippen molar-refractivity contribution >= 4 is 5.96 Å². The molecule has 1 saturated heterocycles. The van der Waals surface area contributed by atoms with Crippen LogP contribution in [0.4, 0.5) is 0 Å². The molecule has 0 aliphatic carbocycles. The fourth-order valence-electron chi connectivity index (χ4n) is 3.55. The molecule has 0 amide bonds. The fraction of sp³-hybridized carbons (Fsp3) is 0.929. The quantitative estimate of drug-likeness (QED) is 0.813. The third kappa shape index (κ3) is 2.35. The highest BCUT2D eigenvalue weighted by Gasteiger charge is 2.44. The van der Waals surface area contributed by atoms with Crippen LogP contribution in [0.25, 0.3) is 0 Å². The lowest BCUT2D eigenvalue weighted by Crippen LogP contribution is -2.55. The summed E-state index contributed by atoms with van der Waals surface area (Å²) >= 11 is 0. The monoisotopic (exact) mass is 252 g/mol. The molecule has 2 aliphatic rings. The largest absolute Gasteiger partial charge is 0.370 e. The summed E-state index contributed by atoms with van der Waals surface area (Å²) in [6.45, 7) is 12.3. The van der Waals surface area contributed by atoms with E-state index in [0.29, 0.717) is 12.1 Å². The Morgan fingerprint density at radius 3 is 2.44 bits per heavy atom. The minimum Gasteiger partial charge on any atom is -0.370 e. The van der Waals surface area contributed by atoms with Crippen LogP contribution in [-0.4, -0.2) is 53.0 Å². The molecule has 0 aromatic rings. The summed E-state index contributed by atoms with van der Waals surface area (Å²) in [6.07, 6.45) is 3.66. The second-order valence-corrected chi connectivity index (χ2v) is 6.35. The summed E-state index contributed by atoms with van der Waals surface area (Å²) in [5.74, 6) is 0.753. The standard InChI is InChI=1S/C14H28N4/c1-11(2)17-8-5-6-14(7-9-17)10-16-13(15)18(14)12(3)4/h11-12H,5-10H2,1-4H3,(H2,15,16). The van der Waals surface area contributed by atoms with Crippen LogP contribution in [0.2, 0.25) is 0 Å². The Morgan fingerprint density at radius 2 is 1.83 bits per heavy atom. The molecule has 1 unspecified atom stereocenters. The Hall–Kier alpha value is -0.770. The van der Waals surface area contributed by atoms with Crippen molar-refractivity contribution in [1.29, 1.82) is 0 Å². The molecular weight excluding hydrogens is 224 g/mol. The third-order valence-electron chi connectivity index (χ3n) is 4.49. The van der Waals surface area contributed by atoms with Crippen LogP contribution in [0.15, 0.2) is 4.99 Å². The van der Waals surface area contributed by atoms with Crippen LogP contribution in [0.5, 0.6) is 0 Å². The molecule has 0 bridgehead atoms. The zero-order chi connectivity index (χ0) is 13.3. The zero-order valence-corrected chi connectivity index (χ0v) is 12.3. The van der Waals surface area contributed by atoms with Crippen molar-refractivity contribution in [3.8, 4) is 0 Å². The predicted octanol–water partition coefficient (Wildman–Crippen LogP) is 1.66. The third-order valence-corrected chi connectivity index (χ3v) is 4.49. The van der Waals surface area contributed by atoms with Crippen molar-refractivity contribution in [1.82, 2.24) is 9.80 Å². The number of nitrogens with two attached hydrogens (primary N) is 1. The summed E-state index contributed by atoms with van der Waals surface area (Å²) in [5, 5.41) is 0. The molecule has 1 atom stereocenters. The Labute approximate surface area is 111 Å². The molecule has 104 valence electrons. The van der Waals surface area contributed by atoms with Gasteiger partial charge in [0.05, 0.1) is 12.1 Å². The van der Waals surface area contributed by atoms with Crippen LogP contribution in [0.3, 0.4) is 0 Å². The molecule has 2 rings (SSSR count). The molecule has 2 heterocycles. The summed E-state index contributed by atoms with van der Waals surface area (Å²) < 4.78 is 0. The molecule has 0 saturated carbocycles. The van der Waals surface area contributed by atoms with Crippen LogP contribution in [0.1, 0.15) is 47.0 Å². The number of guanidine groups is 1. The van der Waals surface area contributed by atoms with Crippen molar-refractivity contribution < 1.29 is 0 Å². The Morgan fingerprint density at radius 1 is 1.11 bits per heavy atom. The maximum Gasteiger partial charge on any atom is 0.192 e. The van der Waals surface area contributed by atoms with Gasteiger partial charge in [-0.2, -0.15) is 0 Å². The van der Waals surface area contributed by atoms with Gasteiger partial charge in [0.15, 0.2) is 5.96 Å². The number of hydrogen-bond donors (Lipinski definition) is 1. The minimum absolute atomic E-state index is 0.196. The average Bonchev–Trinajstić information content (AvgIpc) is 2.47. The Kier molecular flexibility index (Phi) is 3.85. The van der Waals surface area contributed by atoms with Gasteiger partial charge in [0.25, 0.3) is 0 Å². The first-order valence-electron chi connectivity index (χ1n) is 7.29. The lowest BCUT2D eigenvalue weighted by atomic mass is 9.88. The van der Waals surface area contributed by atoms with Crippen LogP contribution in [-0.2, 0) is 0 Å². The van der Waals surface area contributed by atoms with Gasteiger partial charge in [-0.05, 0) is 53.5 Å². The number of rotatable bonds is 2. The first-order chi connectivity index (χ1) is 8.46. The minimum atomic E-state index is 0.196. The highest BCUT2D eigenvalue weighted by atomic mass is 15.4. The SMILES string of the molecule is CC(C)N1CCCC2(CC1)CN=C(N)N2C(C)C. The van der Waals surface area contributed by atoms with E-state index in [1.54, 1.807) is 0 Å². The molecule has 0 aromatic carbocycles. The second-order valence-electron chi connectivity index (χ2n) is 6.35. The first-order valence-corrected chi connectivity index (χ1v) is 7.29. The highest BCUT2D eigenvalue weighted by Crippen LogP contribution is 2.34. The number of likely N-dealkylation sites (tertiary alicyclic amines) is 1. The fourth-order valence-corrected chi connectivity index (χ4v) is 3.55. The molecule has 2 aliphatic heterocycles. The summed E-state index contributed by atoms with van der Waals surface area (Å²) in [7, 11) is 0. The van der Waals surface area contributed by atoms with E-state index in [1.807, 2.05) is 0 Å². The van der Waals surface area contributed by atoms with Gasteiger partial charge in [0, 0.05) is 18.6 Å². The molecule has 1 fully saturated rings. The Bertz CT molecular complexity index is 324. The topological polar surface area (TPSA) is 44.9 Å². The van der Waals surface area contributed by atoms with Gasteiger partial charge in [-0.1, -0.05) is 0 Å². The van der Waals surface area contributed by atoms with Gasteiger partial charge in [-0.15, -0.1) is 0 Å². The van der Waals surface area contributed by atoms with Gasteiger partial charge in [-0.3, -0.25) is 4.99 Å². The predicted molar refractivity (Wildman–Crippen MR) is 76.8 cm³/mol. The lowest BCUT2D eigenvalue weighted by molar-refractivity contribution is 0.138. The van der Waals surface area contributed by atoms with Crippen molar-refractivity contribution in [3.63, 3.8) is 0 Å². The van der Waals surface area contributed by atoms with Crippen molar-refractivity contribution in [2.45, 2.75) is 64.6 Å². The number of hydrogen-bond acceptors (Lipinski definition) is 4. The molecule has 18 heavy (non-hydrogen) atoms. The summed E-state index contributed by atoms with van der Waals surface area (Å²) in [6, 6.07) is 1.09. The van der Waals surface area contributed by atoms with Crippen molar-refractivity contribution in [2.75, 3.05) is 19.6 Å². The van der Waals surface area contributed by atoms with E-state index in [9.17, 15) is 0 Å². The van der Waals surface area contributed by atoms with E-state index in [4.69, 9.17) is 5.73 Å². The number of aliphatic imine (C=N–C) groups is 1. The van der Waals surface area contributed by atoms with Crippen LogP contribution < -0.4 is 5.73 Å². The molecular formula is C14H28N4. The molecule has 4 heteroatoms. The smallest absolute Gasteiger partial charge is 0.192 e. The van der Waals surface area contributed by atoms with E-state index < -0.39 is 0 Å². The van der Waals surface area contributed by atoms with Crippen molar-refractivity contribution in [2.24, 2.45) is 10.7 Å². The summed E-state index contributed by atoms with van der Waals surface area (Å²) in [4.78, 5) is 9.49. The van der Waals surface area contributed by atoms with E-state index in [0.717, 1.165) is 12.5 Å². The van der Waals surface area contributed by atoms with E-state index in [2.05, 4.69) is 42.5 Å². The maximum atomic E-state index is 6.09. The van der Waals surface area contributed by atoms with Gasteiger partial charge in [0.1, 0.15) is 0 Å². The van der Waals surface area contributed by atoms with Gasteiger partial charge >= 0.3 is 0 Å². The van der Waals surface area contributed by atoms with Crippen molar-refractivity contribution in [3.05, 3.63) is 0 Å². The van der Waals surface area contributed by atoms with Gasteiger partial charge < -0.3 is 15.5 Å². The number of nitrogens with zero attached hydrogens (tertiary/aromatic N) is 3. The lowest BCUT2D eigenvalue weighted by Gasteiger charge is -2.41. The normalized spacial score (nSPS) is 30.3. The van der Waals surface area contributed by atoms with E-state index in [-0.39, 0.29) is 5.54 Å². The van der Waals surface area contributed by atoms with Crippen LogP contribution >= 0.6 is 0 Å². The zero-order valence-electron chi connectivity index (χ0n) is 12.3. The maximum absolute atomic E-state index is 6.09. The van der Waals surface area contributed by atoms with E-state index in [1.165, 1.54) is 32.4 Å². The van der Waals surface area contributed by atoms with E-state index >= 15 is 0 Å². The van der Waals surface area contributed by atoms with Crippen LogP contribution in [0, 0.1) is 0 Å².